The van der Waals surface area contributed by atoms with Crippen LogP contribution in [0.2, 0.25) is 0 Å². The Hall–Kier alpha value is -2.08. The van der Waals surface area contributed by atoms with E-state index in [1.165, 1.54) is 18.2 Å². The molecule has 0 saturated heterocycles. The number of rotatable bonds is 3. The average Bonchev–Trinajstić information content (AvgIpc) is 2.25. The Labute approximate surface area is 105 Å². The van der Waals surface area contributed by atoms with Gasteiger partial charge in [-0.05, 0) is 12.1 Å². The van der Waals surface area contributed by atoms with E-state index in [0.717, 1.165) is 0 Å². The molecule has 0 bridgehead atoms. The highest BCUT2D eigenvalue weighted by atomic mass is 35.5. The van der Waals surface area contributed by atoms with Crippen molar-refractivity contribution in [3.05, 3.63) is 30.3 Å². The zero-order valence-electron chi connectivity index (χ0n) is 9.28. The molecular weight excluding hydrogens is 242 g/mol. The summed E-state index contributed by atoms with van der Waals surface area (Å²) in [5.41, 5.74) is 10.9. The van der Waals surface area contributed by atoms with Gasteiger partial charge in [0.05, 0.1) is 0 Å². The van der Waals surface area contributed by atoms with E-state index in [1.54, 1.807) is 12.1 Å². The van der Waals surface area contributed by atoms with Crippen LogP contribution in [-0.2, 0) is 4.79 Å². The molecule has 1 aromatic rings. The first-order chi connectivity index (χ1) is 7.61. The van der Waals surface area contributed by atoms with Crippen molar-refractivity contribution in [2.45, 2.75) is 6.92 Å². The quantitative estimate of drug-likeness (QED) is 0.472. The summed E-state index contributed by atoms with van der Waals surface area (Å²) in [6, 6.07) is 9.06. The molecule has 0 fully saturated rings. The number of carbonyl (C=O) groups is 1. The van der Waals surface area contributed by atoms with Crippen molar-refractivity contribution in [1.29, 1.82) is 0 Å². The molecule has 0 aliphatic rings. The maximum Gasteiger partial charge on any atom is 0.229 e. The largest absolute Gasteiger partial charge is 0.369 e. The number of carbonyl (C=O) groups excluding carboxylic acids is 1. The Kier molecular flexibility index (Phi) is 6.35. The van der Waals surface area contributed by atoms with Gasteiger partial charge in [-0.2, -0.15) is 0 Å². The van der Waals surface area contributed by atoms with Gasteiger partial charge in [-0.3, -0.25) is 9.69 Å². The molecule has 0 aliphatic heterocycles. The van der Waals surface area contributed by atoms with Gasteiger partial charge in [0.25, 0.3) is 0 Å². The number of benzene rings is 1. The predicted octanol–water partition coefficient (Wildman–Crippen LogP) is 0.678. The van der Waals surface area contributed by atoms with Crippen molar-refractivity contribution < 1.29 is 4.79 Å². The Morgan fingerprint density at radius 3 is 2.35 bits per heavy atom. The first-order valence-electron chi connectivity index (χ1n) is 4.58. The molecule has 0 unspecified atom stereocenters. The van der Waals surface area contributed by atoms with Crippen LogP contribution in [-0.4, -0.2) is 18.2 Å². The summed E-state index contributed by atoms with van der Waals surface area (Å²) in [6.45, 7) is 1.43. The van der Waals surface area contributed by atoms with E-state index in [9.17, 15) is 4.79 Å². The van der Waals surface area contributed by atoms with E-state index in [2.05, 4.69) is 10.2 Å². The Bertz CT molecular complexity index is 414. The van der Waals surface area contributed by atoms with E-state index in [4.69, 9.17) is 11.5 Å². The highest BCUT2D eigenvalue weighted by Gasteiger charge is 2.07. The van der Waals surface area contributed by atoms with Crippen molar-refractivity contribution >= 4 is 36.3 Å². The highest BCUT2D eigenvalue weighted by molar-refractivity contribution is 6.07. The molecule has 6 nitrogen and oxygen atoms in total. The number of para-hydroxylation sites is 1. The lowest BCUT2D eigenvalue weighted by Gasteiger charge is -2.14. The van der Waals surface area contributed by atoms with Crippen molar-refractivity contribution in [2.24, 2.45) is 21.7 Å². The number of nitrogens with zero attached hydrogens (tertiary/aromatic N) is 3. The minimum absolute atomic E-state index is 0. The van der Waals surface area contributed by atoms with Crippen LogP contribution in [0.25, 0.3) is 0 Å². The van der Waals surface area contributed by atoms with Gasteiger partial charge in [-0.1, -0.05) is 18.2 Å². The zero-order valence-corrected chi connectivity index (χ0v) is 10.1. The third-order valence-corrected chi connectivity index (χ3v) is 1.71. The number of amides is 1. The molecule has 1 rings (SSSR count). The van der Waals surface area contributed by atoms with Crippen LogP contribution in [0.3, 0.4) is 0 Å². The summed E-state index contributed by atoms with van der Waals surface area (Å²) in [7, 11) is 0. The van der Waals surface area contributed by atoms with Gasteiger partial charge in [0.15, 0.2) is 0 Å². The van der Waals surface area contributed by atoms with Gasteiger partial charge in [0.2, 0.25) is 11.9 Å². The summed E-state index contributed by atoms with van der Waals surface area (Å²) in [5.74, 6) is -0.339. The van der Waals surface area contributed by atoms with Gasteiger partial charge in [-0.15, -0.1) is 22.6 Å². The second-order valence-corrected chi connectivity index (χ2v) is 2.98. The monoisotopic (exact) mass is 255 g/mol. The molecule has 1 amide bonds. The maximum absolute atomic E-state index is 11.3. The number of hydrogen-bond acceptors (Lipinski definition) is 3. The van der Waals surface area contributed by atoms with Crippen molar-refractivity contribution in [3.8, 4) is 0 Å². The minimum atomic E-state index is -0.180. The Balaban J connectivity index is 0.00000256. The highest BCUT2D eigenvalue weighted by Crippen LogP contribution is 2.11. The number of guanidine groups is 1. The molecule has 92 valence electrons. The van der Waals surface area contributed by atoms with Crippen molar-refractivity contribution in [3.63, 3.8) is 0 Å². The van der Waals surface area contributed by atoms with E-state index < -0.39 is 0 Å². The lowest BCUT2D eigenvalue weighted by Crippen LogP contribution is -2.27. The minimum Gasteiger partial charge on any atom is -0.369 e. The molecule has 0 saturated carbocycles. The molecule has 0 aliphatic carbocycles. The van der Waals surface area contributed by atoms with Crippen molar-refractivity contribution in [2.75, 3.05) is 4.90 Å². The van der Waals surface area contributed by atoms with E-state index in [0.29, 0.717) is 5.69 Å². The third-order valence-electron chi connectivity index (χ3n) is 1.71. The summed E-state index contributed by atoms with van der Waals surface area (Å²) in [5, 5.41) is 7.01. The zero-order chi connectivity index (χ0) is 12.0. The fraction of sp³-hybridized carbons (Fsp3) is 0.100. The first-order valence-corrected chi connectivity index (χ1v) is 4.58. The number of nitrogens with two attached hydrogens (primary N) is 2. The second kappa shape index (κ2) is 7.24. The average molecular weight is 256 g/mol. The SMILES string of the molecule is CC(=O)N(C=NN=C(N)N)c1ccccc1.Cl. The molecule has 1 aromatic carbocycles. The van der Waals surface area contributed by atoms with Crippen LogP contribution in [0.15, 0.2) is 40.5 Å². The van der Waals surface area contributed by atoms with Crippen LogP contribution < -0.4 is 16.4 Å². The van der Waals surface area contributed by atoms with Gasteiger partial charge in [0.1, 0.15) is 6.34 Å². The second-order valence-electron chi connectivity index (χ2n) is 2.98. The molecular formula is C10H14ClN5O. The molecule has 0 atom stereocenters. The molecule has 4 N–H and O–H groups in total. The smallest absolute Gasteiger partial charge is 0.229 e. The van der Waals surface area contributed by atoms with Crippen LogP contribution in [0.5, 0.6) is 0 Å². The molecule has 0 heterocycles. The molecule has 7 heteroatoms. The van der Waals surface area contributed by atoms with Gasteiger partial charge >= 0.3 is 0 Å². The maximum atomic E-state index is 11.3. The summed E-state index contributed by atoms with van der Waals surface area (Å²) >= 11 is 0. The van der Waals surface area contributed by atoms with Gasteiger partial charge < -0.3 is 11.5 Å². The topological polar surface area (TPSA) is 97.1 Å². The van der Waals surface area contributed by atoms with Crippen LogP contribution in [0.1, 0.15) is 6.92 Å². The Morgan fingerprint density at radius 2 is 1.88 bits per heavy atom. The first kappa shape index (κ1) is 14.9. The van der Waals surface area contributed by atoms with Crippen molar-refractivity contribution in [1.82, 2.24) is 0 Å². The summed E-state index contributed by atoms with van der Waals surface area (Å²) < 4.78 is 0. The number of anilines is 1. The fourth-order valence-electron chi connectivity index (χ4n) is 1.06. The van der Waals surface area contributed by atoms with Gasteiger partial charge in [-0.25, -0.2) is 0 Å². The number of halogens is 1. The molecule has 0 aromatic heterocycles. The number of hydrogen-bond donors (Lipinski definition) is 2. The van der Waals surface area contributed by atoms with Gasteiger partial charge in [0, 0.05) is 12.6 Å². The molecule has 17 heavy (non-hydrogen) atoms. The van der Waals surface area contributed by atoms with Crippen LogP contribution >= 0.6 is 12.4 Å². The van der Waals surface area contributed by atoms with E-state index >= 15 is 0 Å². The lowest BCUT2D eigenvalue weighted by atomic mass is 10.3. The predicted molar refractivity (Wildman–Crippen MR) is 71.2 cm³/mol. The molecule has 0 spiro atoms. The lowest BCUT2D eigenvalue weighted by molar-refractivity contribution is -0.115. The summed E-state index contributed by atoms with van der Waals surface area (Å²) in [4.78, 5) is 12.7. The standard InChI is InChI=1S/C10H13N5O.ClH/c1-8(16)15(7-13-14-10(11)12)9-5-3-2-4-6-9;/h2-7H,1H3,(H4,11,12,14);1H. The summed E-state index contributed by atoms with van der Waals surface area (Å²) in [6.07, 6.45) is 1.26. The molecule has 0 radical (unpaired) electrons. The third kappa shape index (κ3) is 4.98. The van der Waals surface area contributed by atoms with Crippen LogP contribution in [0.4, 0.5) is 5.69 Å². The fourth-order valence-corrected chi connectivity index (χ4v) is 1.06. The van der Waals surface area contributed by atoms with E-state index in [1.807, 2.05) is 18.2 Å². The van der Waals surface area contributed by atoms with Crippen LogP contribution in [0, 0.1) is 0 Å². The Morgan fingerprint density at radius 1 is 1.29 bits per heavy atom. The van der Waals surface area contributed by atoms with E-state index in [-0.39, 0.29) is 24.3 Å². The normalized spacial score (nSPS) is 9.47.